The lowest BCUT2D eigenvalue weighted by atomic mass is 10.0. The van der Waals surface area contributed by atoms with Crippen molar-refractivity contribution in [2.75, 3.05) is 26.2 Å². The average Bonchev–Trinajstić information content (AvgIpc) is 3.07. The number of hydrogen-bond donors (Lipinski definition) is 0. The highest BCUT2D eigenvalue weighted by molar-refractivity contribution is 6.08. The summed E-state index contributed by atoms with van der Waals surface area (Å²) in [4.78, 5) is 5.33. The molecule has 0 saturated carbocycles. The summed E-state index contributed by atoms with van der Waals surface area (Å²) in [6.45, 7) is 13.3. The predicted octanol–water partition coefficient (Wildman–Crippen LogP) is 4.89. The Balaban J connectivity index is 1.28. The maximum Gasteiger partial charge on any atom is 0.0678 e. The van der Waals surface area contributed by atoms with Crippen LogP contribution < -0.4 is 0 Å². The van der Waals surface area contributed by atoms with Crippen LogP contribution in [0.3, 0.4) is 0 Å². The molecule has 2 atom stereocenters. The van der Waals surface area contributed by atoms with E-state index in [9.17, 15) is 0 Å². The highest BCUT2D eigenvalue weighted by Crippen LogP contribution is 2.30. The smallest absolute Gasteiger partial charge is 0.0678 e. The Labute approximate surface area is 180 Å². The van der Waals surface area contributed by atoms with Crippen molar-refractivity contribution in [3.63, 3.8) is 0 Å². The Morgan fingerprint density at radius 3 is 2.33 bits per heavy atom. The molecule has 5 rings (SSSR count). The summed E-state index contributed by atoms with van der Waals surface area (Å²) in [6.07, 6.45) is 3.28. The van der Waals surface area contributed by atoms with Crippen LogP contribution in [0.15, 0.2) is 42.5 Å². The Bertz CT molecular complexity index is 1010. The SMILES string of the molecule is CCn1c2ccccc2c2cc(CN3CCC(N4C[C@@H](C)O[C@H](C)C4)CC3)ccc21. The van der Waals surface area contributed by atoms with E-state index in [1.54, 1.807) is 0 Å². The molecule has 30 heavy (non-hydrogen) atoms. The van der Waals surface area contributed by atoms with E-state index in [0.717, 1.165) is 32.2 Å². The Morgan fingerprint density at radius 2 is 1.60 bits per heavy atom. The van der Waals surface area contributed by atoms with Crippen LogP contribution in [0.5, 0.6) is 0 Å². The lowest BCUT2D eigenvalue weighted by Gasteiger charge is -2.43. The number of hydrogen-bond acceptors (Lipinski definition) is 3. The minimum absolute atomic E-state index is 0.365. The van der Waals surface area contributed by atoms with E-state index < -0.39 is 0 Å². The van der Waals surface area contributed by atoms with Crippen molar-refractivity contribution in [3.8, 4) is 0 Å². The van der Waals surface area contributed by atoms with Gasteiger partial charge in [0.25, 0.3) is 0 Å². The summed E-state index contributed by atoms with van der Waals surface area (Å²) in [6, 6.07) is 16.6. The number of rotatable bonds is 4. The summed E-state index contributed by atoms with van der Waals surface area (Å²) < 4.78 is 8.36. The van der Waals surface area contributed by atoms with Crippen molar-refractivity contribution < 1.29 is 4.74 Å². The Morgan fingerprint density at radius 1 is 0.900 bits per heavy atom. The zero-order valence-electron chi connectivity index (χ0n) is 18.7. The second-order valence-corrected chi connectivity index (χ2v) is 9.33. The van der Waals surface area contributed by atoms with Gasteiger partial charge in [0.05, 0.1) is 12.2 Å². The third-order valence-electron chi connectivity index (χ3n) is 7.08. The highest BCUT2D eigenvalue weighted by Gasteiger charge is 2.30. The molecule has 2 fully saturated rings. The van der Waals surface area contributed by atoms with E-state index in [1.165, 1.54) is 53.3 Å². The molecule has 3 aromatic rings. The van der Waals surface area contributed by atoms with Gasteiger partial charge in [-0.15, -0.1) is 0 Å². The molecule has 0 spiro atoms. The standard InChI is InChI=1S/C26H35N3O/c1-4-29-25-8-6-5-7-23(25)24-15-21(9-10-26(24)29)18-27-13-11-22(12-14-27)28-16-19(2)30-20(3)17-28/h5-10,15,19-20,22H,4,11-14,16-18H2,1-3H3/t19-,20-/m1/s1. The quantitative estimate of drug-likeness (QED) is 0.617. The van der Waals surface area contributed by atoms with Gasteiger partial charge < -0.3 is 9.30 Å². The second-order valence-electron chi connectivity index (χ2n) is 9.33. The molecule has 0 radical (unpaired) electrons. The van der Waals surface area contributed by atoms with E-state index in [4.69, 9.17) is 4.74 Å². The van der Waals surface area contributed by atoms with Gasteiger partial charge in [0.2, 0.25) is 0 Å². The first-order chi connectivity index (χ1) is 14.6. The number of nitrogens with zero attached hydrogens (tertiary/aromatic N) is 3. The van der Waals surface area contributed by atoms with Crippen LogP contribution in [0.1, 0.15) is 39.2 Å². The summed E-state index contributed by atoms with van der Waals surface area (Å²) in [5, 5.41) is 2.78. The van der Waals surface area contributed by atoms with Gasteiger partial charge in [-0.25, -0.2) is 0 Å². The van der Waals surface area contributed by atoms with Crippen molar-refractivity contribution in [1.29, 1.82) is 0 Å². The Hall–Kier alpha value is -1.88. The molecular weight excluding hydrogens is 370 g/mol. The van der Waals surface area contributed by atoms with Gasteiger partial charge in [0.1, 0.15) is 0 Å². The van der Waals surface area contributed by atoms with E-state index in [2.05, 4.69) is 77.6 Å². The fourth-order valence-electron chi connectivity index (χ4n) is 5.76. The molecule has 2 aromatic carbocycles. The van der Waals surface area contributed by atoms with Crippen molar-refractivity contribution in [3.05, 3.63) is 48.0 Å². The van der Waals surface area contributed by atoms with E-state index in [1.807, 2.05) is 0 Å². The predicted molar refractivity (Wildman–Crippen MR) is 125 cm³/mol. The van der Waals surface area contributed by atoms with Crippen LogP contribution in [0.2, 0.25) is 0 Å². The number of likely N-dealkylation sites (tertiary alicyclic amines) is 1. The molecule has 1 aromatic heterocycles. The molecule has 2 saturated heterocycles. The summed E-state index contributed by atoms with van der Waals surface area (Å²) in [5.74, 6) is 0. The minimum atomic E-state index is 0.365. The van der Waals surface area contributed by atoms with E-state index >= 15 is 0 Å². The number of benzene rings is 2. The van der Waals surface area contributed by atoms with Crippen LogP contribution in [0.25, 0.3) is 21.8 Å². The summed E-state index contributed by atoms with van der Waals surface area (Å²) in [5.41, 5.74) is 4.15. The molecule has 0 bridgehead atoms. The number of para-hydroxylation sites is 1. The second kappa shape index (κ2) is 8.33. The van der Waals surface area contributed by atoms with Gasteiger partial charge in [-0.3, -0.25) is 9.80 Å². The number of aromatic nitrogens is 1. The molecule has 2 aliphatic rings. The van der Waals surface area contributed by atoms with Crippen molar-refractivity contribution in [1.82, 2.24) is 14.4 Å². The first kappa shape index (κ1) is 20.0. The lowest BCUT2D eigenvalue weighted by molar-refractivity contribution is -0.0865. The molecule has 0 amide bonds. The van der Waals surface area contributed by atoms with Crippen LogP contribution in [-0.2, 0) is 17.8 Å². The molecule has 160 valence electrons. The number of ether oxygens (including phenoxy) is 1. The van der Waals surface area contributed by atoms with Gasteiger partial charge in [0.15, 0.2) is 0 Å². The molecule has 4 heteroatoms. The first-order valence-corrected chi connectivity index (χ1v) is 11.7. The Kier molecular flexibility index (Phi) is 5.57. The van der Waals surface area contributed by atoms with Gasteiger partial charge in [0, 0.05) is 54.0 Å². The maximum atomic E-state index is 5.93. The van der Waals surface area contributed by atoms with Crippen molar-refractivity contribution in [2.24, 2.45) is 0 Å². The monoisotopic (exact) mass is 405 g/mol. The molecule has 4 nitrogen and oxygen atoms in total. The lowest BCUT2D eigenvalue weighted by Crippen LogP contribution is -2.53. The molecule has 3 heterocycles. The third-order valence-corrected chi connectivity index (χ3v) is 7.08. The van der Waals surface area contributed by atoms with Crippen LogP contribution in [-0.4, -0.2) is 58.8 Å². The summed E-state index contributed by atoms with van der Waals surface area (Å²) in [7, 11) is 0. The van der Waals surface area contributed by atoms with Crippen LogP contribution >= 0.6 is 0 Å². The minimum Gasteiger partial charge on any atom is -0.373 e. The first-order valence-electron chi connectivity index (χ1n) is 11.7. The highest BCUT2D eigenvalue weighted by atomic mass is 16.5. The molecule has 0 unspecified atom stereocenters. The molecular formula is C26H35N3O. The summed E-state index contributed by atoms with van der Waals surface area (Å²) >= 11 is 0. The third kappa shape index (κ3) is 3.77. The zero-order chi connectivity index (χ0) is 20.7. The van der Waals surface area contributed by atoms with Gasteiger partial charge in [-0.05, 0) is 70.5 Å². The number of fused-ring (bicyclic) bond motifs is 3. The molecule has 0 N–H and O–H groups in total. The fourth-order valence-corrected chi connectivity index (χ4v) is 5.76. The molecule has 0 aliphatic carbocycles. The van der Waals surface area contributed by atoms with Gasteiger partial charge >= 0.3 is 0 Å². The maximum absolute atomic E-state index is 5.93. The van der Waals surface area contributed by atoms with Crippen LogP contribution in [0, 0.1) is 0 Å². The van der Waals surface area contributed by atoms with Crippen molar-refractivity contribution in [2.45, 2.75) is 65.0 Å². The topological polar surface area (TPSA) is 20.6 Å². The van der Waals surface area contributed by atoms with Crippen molar-refractivity contribution >= 4 is 21.8 Å². The van der Waals surface area contributed by atoms with E-state index in [0.29, 0.717) is 12.2 Å². The number of aryl methyl sites for hydroxylation is 1. The average molecular weight is 406 g/mol. The fraction of sp³-hybridized carbons (Fsp3) is 0.538. The van der Waals surface area contributed by atoms with Gasteiger partial charge in [-0.2, -0.15) is 0 Å². The normalized spacial score (nSPS) is 24.8. The largest absolute Gasteiger partial charge is 0.373 e. The van der Waals surface area contributed by atoms with E-state index in [-0.39, 0.29) is 0 Å². The number of piperidine rings is 1. The zero-order valence-corrected chi connectivity index (χ0v) is 18.7. The van der Waals surface area contributed by atoms with Gasteiger partial charge in [-0.1, -0.05) is 24.3 Å². The van der Waals surface area contributed by atoms with Crippen LogP contribution in [0.4, 0.5) is 0 Å². The number of morpholine rings is 1. The molecule has 2 aliphatic heterocycles.